The second kappa shape index (κ2) is 9.86. The van der Waals surface area contributed by atoms with Crippen LogP contribution in [-0.2, 0) is 18.4 Å². The summed E-state index contributed by atoms with van der Waals surface area (Å²) >= 11 is 0. The zero-order valence-corrected chi connectivity index (χ0v) is 20.2. The Hall–Kier alpha value is -3.37. The highest BCUT2D eigenvalue weighted by Gasteiger charge is 2.27. The van der Waals surface area contributed by atoms with Crippen LogP contribution >= 0.6 is 0 Å². The van der Waals surface area contributed by atoms with Crippen molar-refractivity contribution in [1.82, 2.24) is 14.4 Å². The molecule has 1 saturated heterocycles. The predicted molar refractivity (Wildman–Crippen MR) is 139 cm³/mol. The van der Waals surface area contributed by atoms with Crippen LogP contribution in [0.3, 0.4) is 0 Å². The lowest BCUT2D eigenvalue weighted by Crippen LogP contribution is -2.48. The summed E-state index contributed by atoms with van der Waals surface area (Å²) in [5.74, 6) is 0.291. The van der Waals surface area contributed by atoms with Gasteiger partial charge in [-0.05, 0) is 29.7 Å². The molecule has 3 aromatic carbocycles. The quantitative estimate of drug-likeness (QED) is 0.395. The Morgan fingerprint density at radius 2 is 1.53 bits per heavy atom. The number of para-hydroxylation sites is 1. The SMILES string of the molecule is Cc1ccc([C@@H](CC(=O)N2CCN(Cc3ccccc3)CC2)c2cn(C)c3ccccc23)cc1. The monoisotopic (exact) mass is 451 g/mol. The Balaban J connectivity index is 1.34. The number of aromatic nitrogens is 1. The minimum atomic E-state index is 0.0431. The summed E-state index contributed by atoms with van der Waals surface area (Å²) in [7, 11) is 2.09. The maximum Gasteiger partial charge on any atom is 0.223 e. The third-order valence-electron chi connectivity index (χ3n) is 7.14. The minimum Gasteiger partial charge on any atom is -0.350 e. The van der Waals surface area contributed by atoms with Crippen LogP contribution in [0.4, 0.5) is 0 Å². The predicted octanol–water partition coefficient (Wildman–Crippen LogP) is 5.35. The number of hydrogen-bond acceptors (Lipinski definition) is 2. The van der Waals surface area contributed by atoms with Crippen molar-refractivity contribution in [2.45, 2.75) is 25.8 Å². The van der Waals surface area contributed by atoms with E-state index in [0.717, 1.165) is 32.7 Å². The second-order valence-electron chi connectivity index (χ2n) is 9.52. The van der Waals surface area contributed by atoms with Gasteiger partial charge in [-0.25, -0.2) is 0 Å². The first-order valence-electron chi connectivity index (χ1n) is 12.2. The van der Waals surface area contributed by atoms with Gasteiger partial charge in [-0.3, -0.25) is 9.69 Å². The molecule has 0 bridgehead atoms. The molecular weight excluding hydrogens is 418 g/mol. The number of carbonyl (C=O) groups is 1. The van der Waals surface area contributed by atoms with Gasteiger partial charge in [-0.15, -0.1) is 0 Å². The highest BCUT2D eigenvalue weighted by atomic mass is 16.2. The highest BCUT2D eigenvalue weighted by Crippen LogP contribution is 2.35. The van der Waals surface area contributed by atoms with Crippen LogP contribution in [0.15, 0.2) is 85.1 Å². The maximum atomic E-state index is 13.5. The minimum absolute atomic E-state index is 0.0431. The number of piperazine rings is 1. The molecule has 0 saturated carbocycles. The molecule has 0 aliphatic carbocycles. The molecule has 0 spiro atoms. The number of aryl methyl sites for hydroxylation is 2. The van der Waals surface area contributed by atoms with Crippen LogP contribution in [0.25, 0.3) is 10.9 Å². The normalized spacial score (nSPS) is 15.5. The molecular formula is C30H33N3O. The number of rotatable bonds is 6. The summed E-state index contributed by atoms with van der Waals surface area (Å²) in [5, 5.41) is 1.23. The van der Waals surface area contributed by atoms with Gasteiger partial charge in [-0.2, -0.15) is 0 Å². The number of carbonyl (C=O) groups excluding carboxylic acids is 1. The van der Waals surface area contributed by atoms with Gasteiger partial charge in [0, 0.05) is 69.2 Å². The lowest BCUT2D eigenvalue weighted by Gasteiger charge is -2.35. The van der Waals surface area contributed by atoms with E-state index in [2.05, 4.69) is 113 Å². The molecule has 1 aromatic heterocycles. The van der Waals surface area contributed by atoms with Gasteiger partial charge < -0.3 is 9.47 Å². The molecule has 4 nitrogen and oxygen atoms in total. The zero-order valence-electron chi connectivity index (χ0n) is 20.2. The first kappa shape index (κ1) is 22.4. The van der Waals surface area contributed by atoms with Gasteiger partial charge in [0.15, 0.2) is 0 Å². The fraction of sp³-hybridized carbons (Fsp3) is 0.300. The molecule has 1 fully saturated rings. The lowest BCUT2D eigenvalue weighted by atomic mass is 9.87. The van der Waals surface area contributed by atoms with Crippen molar-refractivity contribution in [3.8, 4) is 0 Å². The molecule has 1 aliphatic heterocycles. The molecule has 4 aromatic rings. The van der Waals surface area contributed by atoms with Crippen molar-refractivity contribution in [2.75, 3.05) is 26.2 Å². The Kier molecular flexibility index (Phi) is 6.50. The average Bonchev–Trinajstić information content (AvgIpc) is 3.20. The standard InChI is InChI=1S/C30H33N3O/c1-23-12-14-25(15-13-23)27(28-22-31(2)29-11-7-6-10-26(28)29)20-30(34)33-18-16-32(17-19-33)21-24-8-4-3-5-9-24/h3-15,22,27H,16-21H2,1-2H3/t27-/m1/s1. The van der Waals surface area contributed by atoms with Crippen molar-refractivity contribution in [3.05, 3.63) is 107 Å². The van der Waals surface area contributed by atoms with Crippen LogP contribution in [0, 0.1) is 6.92 Å². The fourth-order valence-corrected chi connectivity index (χ4v) is 5.16. The van der Waals surface area contributed by atoms with Gasteiger partial charge in [0.1, 0.15) is 0 Å². The van der Waals surface area contributed by atoms with E-state index < -0.39 is 0 Å². The second-order valence-corrected chi connectivity index (χ2v) is 9.52. The molecule has 1 amide bonds. The Labute approximate surface area is 202 Å². The first-order valence-corrected chi connectivity index (χ1v) is 12.2. The van der Waals surface area contributed by atoms with E-state index in [4.69, 9.17) is 0 Å². The van der Waals surface area contributed by atoms with Gasteiger partial charge in [0.2, 0.25) is 5.91 Å². The van der Waals surface area contributed by atoms with Gasteiger partial charge in [0.25, 0.3) is 0 Å². The molecule has 1 aliphatic rings. The van der Waals surface area contributed by atoms with Crippen LogP contribution in [0.5, 0.6) is 0 Å². The number of fused-ring (bicyclic) bond motifs is 1. The van der Waals surface area contributed by atoms with E-state index >= 15 is 0 Å². The molecule has 1 atom stereocenters. The highest BCUT2D eigenvalue weighted by molar-refractivity contribution is 5.86. The Morgan fingerprint density at radius 3 is 2.26 bits per heavy atom. The van der Waals surface area contributed by atoms with Crippen LogP contribution < -0.4 is 0 Å². The molecule has 0 radical (unpaired) electrons. The van der Waals surface area contributed by atoms with Crippen molar-refractivity contribution < 1.29 is 4.79 Å². The zero-order chi connectivity index (χ0) is 23.5. The van der Waals surface area contributed by atoms with E-state index in [9.17, 15) is 4.79 Å². The summed E-state index contributed by atoms with van der Waals surface area (Å²) in [4.78, 5) is 18.0. The molecule has 34 heavy (non-hydrogen) atoms. The summed E-state index contributed by atoms with van der Waals surface area (Å²) in [5.41, 5.74) is 6.21. The molecule has 5 rings (SSSR count). The first-order chi connectivity index (χ1) is 16.6. The third kappa shape index (κ3) is 4.78. The molecule has 0 N–H and O–H groups in total. The summed E-state index contributed by atoms with van der Waals surface area (Å²) in [6.45, 7) is 6.49. The van der Waals surface area contributed by atoms with Crippen LogP contribution in [0.2, 0.25) is 0 Å². The van der Waals surface area contributed by atoms with E-state index in [1.807, 2.05) is 0 Å². The maximum absolute atomic E-state index is 13.5. The molecule has 4 heteroatoms. The summed E-state index contributed by atoms with van der Waals surface area (Å²) < 4.78 is 2.18. The van der Waals surface area contributed by atoms with E-state index in [1.54, 1.807) is 0 Å². The van der Waals surface area contributed by atoms with E-state index in [0.29, 0.717) is 6.42 Å². The summed E-state index contributed by atoms with van der Waals surface area (Å²) in [6.07, 6.45) is 2.70. The molecule has 2 heterocycles. The molecule has 174 valence electrons. The van der Waals surface area contributed by atoms with Crippen molar-refractivity contribution in [3.63, 3.8) is 0 Å². The number of amides is 1. The van der Waals surface area contributed by atoms with Crippen LogP contribution in [0.1, 0.15) is 34.6 Å². The molecule has 0 unspecified atom stereocenters. The van der Waals surface area contributed by atoms with Crippen LogP contribution in [-0.4, -0.2) is 46.5 Å². The fourth-order valence-electron chi connectivity index (χ4n) is 5.16. The van der Waals surface area contributed by atoms with Gasteiger partial charge >= 0.3 is 0 Å². The van der Waals surface area contributed by atoms with Gasteiger partial charge in [-0.1, -0.05) is 78.4 Å². The Bertz CT molecular complexity index is 1250. The van der Waals surface area contributed by atoms with Crippen molar-refractivity contribution in [2.24, 2.45) is 7.05 Å². The van der Waals surface area contributed by atoms with Crippen molar-refractivity contribution in [1.29, 1.82) is 0 Å². The van der Waals surface area contributed by atoms with E-state index in [1.165, 1.54) is 33.2 Å². The largest absolute Gasteiger partial charge is 0.350 e. The van der Waals surface area contributed by atoms with E-state index in [-0.39, 0.29) is 11.8 Å². The lowest BCUT2D eigenvalue weighted by molar-refractivity contribution is -0.133. The third-order valence-corrected chi connectivity index (χ3v) is 7.14. The smallest absolute Gasteiger partial charge is 0.223 e. The average molecular weight is 452 g/mol. The number of hydrogen-bond donors (Lipinski definition) is 0. The number of nitrogens with zero attached hydrogens (tertiary/aromatic N) is 3. The topological polar surface area (TPSA) is 28.5 Å². The summed E-state index contributed by atoms with van der Waals surface area (Å²) in [6, 6.07) is 27.8. The van der Waals surface area contributed by atoms with Crippen molar-refractivity contribution >= 4 is 16.8 Å². The number of benzene rings is 3. The Morgan fingerprint density at radius 1 is 0.853 bits per heavy atom. The van der Waals surface area contributed by atoms with Gasteiger partial charge in [0.05, 0.1) is 0 Å².